The van der Waals surface area contributed by atoms with Gasteiger partial charge < -0.3 is 15.2 Å². The second-order valence-electron chi connectivity index (χ2n) is 2.95. The molecule has 0 fully saturated rings. The molecule has 0 saturated carbocycles. The second-order valence-corrected chi connectivity index (χ2v) is 2.95. The van der Waals surface area contributed by atoms with Crippen LogP contribution >= 0.6 is 0 Å². The van der Waals surface area contributed by atoms with Gasteiger partial charge in [0.2, 0.25) is 0 Å². The summed E-state index contributed by atoms with van der Waals surface area (Å²) in [6.07, 6.45) is 0. The first kappa shape index (κ1) is 12.0. The van der Waals surface area contributed by atoms with Gasteiger partial charge in [0.25, 0.3) is 0 Å². The number of benzene rings is 1. The molecule has 2 N–H and O–H groups in total. The number of methoxy groups -OCH3 is 1. The van der Waals surface area contributed by atoms with Crippen molar-refractivity contribution in [1.82, 2.24) is 0 Å². The van der Waals surface area contributed by atoms with E-state index in [2.05, 4.69) is 4.74 Å². The summed E-state index contributed by atoms with van der Waals surface area (Å²) in [5.74, 6) is -0.127. The van der Waals surface area contributed by atoms with E-state index in [1.165, 1.54) is 25.3 Å². The number of rotatable bonds is 4. The fraction of sp³-hybridized carbons (Fsp3) is 0.273. The SMILES string of the molecule is COC(=O)c1ccc(C#N)c(OCCN)c1. The summed E-state index contributed by atoms with van der Waals surface area (Å²) in [6, 6.07) is 6.47. The highest BCUT2D eigenvalue weighted by Crippen LogP contribution is 2.20. The number of nitriles is 1. The molecular formula is C11H12N2O3. The number of carbonyl (C=O) groups is 1. The summed E-state index contributed by atoms with van der Waals surface area (Å²) < 4.78 is 9.82. The third-order valence-electron chi connectivity index (χ3n) is 1.90. The van der Waals surface area contributed by atoms with Gasteiger partial charge in [0.15, 0.2) is 0 Å². The van der Waals surface area contributed by atoms with E-state index in [0.29, 0.717) is 30.0 Å². The van der Waals surface area contributed by atoms with Crippen molar-refractivity contribution in [3.8, 4) is 11.8 Å². The zero-order valence-electron chi connectivity index (χ0n) is 8.90. The predicted molar refractivity (Wildman–Crippen MR) is 57.0 cm³/mol. The van der Waals surface area contributed by atoms with Gasteiger partial charge in [-0.2, -0.15) is 5.26 Å². The maximum absolute atomic E-state index is 11.3. The molecule has 0 bridgehead atoms. The van der Waals surface area contributed by atoms with Crippen LogP contribution in [0, 0.1) is 11.3 Å². The highest BCUT2D eigenvalue weighted by molar-refractivity contribution is 5.90. The summed E-state index contributed by atoms with van der Waals surface area (Å²) in [6.45, 7) is 0.632. The Hall–Kier alpha value is -2.06. The maximum Gasteiger partial charge on any atom is 0.337 e. The van der Waals surface area contributed by atoms with Crippen LogP contribution in [0.2, 0.25) is 0 Å². The van der Waals surface area contributed by atoms with Crippen LogP contribution in [0.5, 0.6) is 5.75 Å². The van der Waals surface area contributed by atoms with E-state index in [9.17, 15) is 4.79 Å². The lowest BCUT2D eigenvalue weighted by Crippen LogP contribution is -2.12. The molecule has 84 valence electrons. The van der Waals surface area contributed by atoms with Crippen LogP contribution in [0.3, 0.4) is 0 Å². The Bertz CT molecular complexity index is 424. The first-order valence-electron chi connectivity index (χ1n) is 4.68. The summed E-state index contributed by atoms with van der Waals surface area (Å²) in [4.78, 5) is 11.3. The van der Waals surface area contributed by atoms with E-state index in [1.54, 1.807) is 0 Å². The summed E-state index contributed by atoms with van der Waals surface area (Å²) >= 11 is 0. The van der Waals surface area contributed by atoms with E-state index in [-0.39, 0.29) is 0 Å². The Kier molecular flexibility index (Phi) is 4.30. The molecule has 0 aromatic heterocycles. The van der Waals surface area contributed by atoms with Crippen LogP contribution in [0.15, 0.2) is 18.2 Å². The third-order valence-corrected chi connectivity index (χ3v) is 1.90. The third kappa shape index (κ3) is 2.72. The van der Waals surface area contributed by atoms with Crippen molar-refractivity contribution in [3.63, 3.8) is 0 Å². The molecule has 0 unspecified atom stereocenters. The lowest BCUT2D eigenvalue weighted by Gasteiger charge is -2.07. The molecule has 0 spiro atoms. The quantitative estimate of drug-likeness (QED) is 0.754. The molecule has 1 aromatic carbocycles. The Labute approximate surface area is 93.4 Å². The van der Waals surface area contributed by atoms with Gasteiger partial charge in [0, 0.05) is 6.54 Å². The van der Waals surface area contributed by atoms with Crippen LogP contribution in [-0.2, 0) is 4.74 Å². The number of hydrogen-bond donors (Lipinski definition) is 1. The summed E-state index contributed by atoms with van der Waals surface area (Å²) in [5, 5.41) is 8.83. The van der Waals surface area contributed by atoms with Gasteiger partial charge in [-0.05, 0) is 18.2 Å². The minimum Gasteiger partial charge on any atom is -0.491 e. The Balaban J connectivity index is 3.02. The van der Waals surface area contributed by atoms with Crippen LogP contribution in [0.1, 0.15) is 15.9 Å². The fourth-order valence-electron chi connectivity index (χ4n) is 1.15. The zero-order chi connectivity index (χ0) is 12.0. The Morgan fingerprint density at radius 2 is 2.31 bits per heavy atom. The summed E-state index contributed by atoms with van der Waals surface area (Å²) in [5.41, 5.74) is 6.00. The lowest BCUT2D eigenvalue weighted by atomic mass is 10.1. The van der Waals surface area contributed by atoms with Gasteiger partial charge in [-0.1, -0.05) is 0 Å². The van der Waals surface area contributed by atoms with Crippen molar-refractivity contribution in [3.05, 3.63) is 29.3 Å². The predicted octanol–water partition coefficient (Wildman–Crippen LogP) is 0.682. The Morgan fingerprint density at radius 1 is 1.56 bits per heavy atom. The number of carbonyl (C=O) groups excluding carboxylic acids is 1. The van der Waals surface area contributed by atoms with Crippen molar-refractivity contribution in [2.75, 3.05) is 20.3 Å². The van der Waals surface area contributed by atoms with Gasteiger partial charge in [0.1, 0.15) is 18.4 Å². The maximum atomic E-state index is 11.3. The molecule has 1 aromatic rings. The topological polar surface area (TPSA) is 85.3 Å². The first-order valence-corrected chi connectivity index (χ1v) is 4.68. The van der Waals surface area contributed by atoms with Crippen molar-refractivity contribution < 1.29 is 14.3 Å². The van der Waals surface area contributed by atoms with Crippen LogP contribution in [0.25, 0.3) is 0 Å². The molecular weight excluding hydrogens is 208 g/mol. The van der Waals surface area contributed by atoms with E-state index in [1.807, 2.05) is 6.07 Å². The van der Waals surface area contributed by atoms with Crippen LogP contribution in [-0.4, -0.2) is 26.2 Å². The normalized spacial score (nSPS) is 9.31. The zero-order valence-corrected chi connectivity index (χ0v) is 8.90. The fourth-order valence-corrected chi connectivity index (χ4v) is 1.15. The van der Waals surface area contributed by atoms with Crippen LogP contribution < -0.4 is 10.5 Å². The molecule has 5 nitrogen and oxygen atoms in total. The molecule has 0 amide bonds. The minimum atomic E-state index is -0.470. The smallest absolute Gasteiger partial charge is 0.337 e. The molecule has 0 saturated heterocycles. The average molecular weight is 220 g/mol. The number of nitrogens with two attached hydrogens (primary N) is 1. The Morgan fingerprint density at radius 3 is 2.88 bits per heavy atom. The van der Waals surface area contributed by atoms with Gasteiger partial charge in [0.05, 0.1) is 18.2 Å². The monoisotopic (exact) mass is 220 g/mol. The van der Waals surface area contributed by atoms with Crippen LogP contribution in [0.4, 0.5) is 0 Å². The molecule has 0 aliphatic heterocycles. The standard InChI is InChI=1S/C11H12N2O3/c1-15-11(14)8-2-3-9(7-13)10(6-8)16-5-4-12/h2-3,6H,4-5,12H2,1H3. The lowest BCUT2D eigenvalue weighted by molar-refractivity contribution is 0.0600. The van der Waals surface area contributed by atoms with E-state index >= 15 is 0 Å². The average Bonchev–Trinajstić information content (AvgIpc) is 2.34. The van der Waals surface area contributed by atoms with Gasteiger partial charge in [-0.15, -0.1) is 0 Å². The molecule has 0 aliphatic rings. The second kappa shape index (κ2) is 5.73. The van der Waals surface area contributed by atoms with E-state index in [0.717, 1.165) is 0 Å². The highest BCUT2D eigenvalue weighted by atomic mass is 16.5. The summed E-state index contributed by atoms with van der Waals surface area (Å²) in [7, 11) is 1.29. The van der Waals surface area contributed by atoms with Crippen molar-refractivity contribution >= 4 is 5.97 Å². The van der Waals surface area contributed by atoms with E-state index < -0.39 is 5.97 Å². The molecule has 16 heavy (non-hydrogen) atoms. The molecule has 0 radical (unpaired) electrons. The molecule has 0 heterocycles. The molecule has 5 heteroatoms. The highest BCUT2D eigenvalue weighted by Gasteiger charge is 2.10. The molecule has 1 rings (SSSR count). The number of ether oxygens (including phenoxy) is 2. The van der Waals surface area contributed by atoms with Gasteiger partial charge in [-0.25, -0.2) is 4.79 Å². The number of nitrogens with zero attached hydrogens (tertiary/aromatic N) is 1. The minimum absolute atomic E-state index is 0.291. The van der Waals surface area contributed by atoms with Gasteiger partial charge >= 0.3 is 5.97 Å². The molecule has 0 aliphatic carbocycles. The van der Waals surface area contributed by atoms with Crippen molar-refractivity contribution in [1.29, 1.82) is 5.26 Å². The first-order chi connectivity index (χ1) is 7.72. The number of hydrogen-bond acceptors (Lipinski definition) is 5. The van der Waals surface area contributed by atoms with Crippen molar-refractivity contribution in [2.45, 2.75) is 0 Å². The largest absolute Gasteiger partial charge is 0.491 e. The molecule has 0 atom stereocenters. The van der Waals surface area contributed by atoms with Crippen molar-refractivity contribution in [2.24, 2.45) is 5.73 Å². The van der Waals surface area contributed by atoms with E-state index in [4.69, 9.17) is 15.7 Å². The number of esters is 1. The van der Waals surface area contributed by atoms with Gasteiger partial charge in [-0.3, -0.25) is 0 Å².